The number of rotatable bonds is 1. The normalized spacial score (nSPS) is 28.0. The first-order valence-corrected chi connectivity index (χ1v) is 8.63. The van der Waals surface area contributed by atoms with Gasteiger partial charge >= 0.3 is 0 Å². The molecule has 2 aliphatic rings. The van der Waals surface area contributed by atoms with Crippen LogP contribution in [0.25, 0.3) is 0 Å². The molecule has 0 aromatic heterocycles. The Balaban J connectivity index is 1.82. The number of amides is 1. The molecule has 1 aromatic carbocycles. The zero-order chi connectivity index (χ0) is 14.2. The van der Waals surface area contributed by atoms with Crippen LogP contribution in [0.4, 0.5) is 0 Å². The molecule has 0 aliphatic carbocycles. The highest BCUT2D eigenvalue weighted by Crippen LogP contribution is 2.29. The van der Waals surface area contributed by atoms with E-state index in [1.807, 2.05) is 30.3 Å². The number of benzene rings is 1. The third-order valence-corrected chi connectivity index (χ3v) is 5.88. The lowest BCUT2D eigenvalue weighted by molar-refractivity contribution is -0.126. The van der Waals surface area contributed by atoms with Crippen molar-refractivity contribution in [2.45, 2.75) is 24.4 Å². The van der Waals surface area contributed by atoms with E-state index in [-0.39, 0.29) is 23.0 Å². The van der Waals surface area contributed by atoms with Crippen LogP contribution >= 0.6 is 0 Å². The topological polar surface area (TPSA) is 75.3 Å². The molecule has 1 spiro atoms. The summed E-state index contributed by atoms with van der Waals surface area (Å²) in [7, 11) is -2.91. The molecule has 108 valence electrons. The second-order valence-corrected chi connectivity index (χ2v) is 7.94. The smallest absolute Gasteiger partial charge is 0.241 e. The maximum absolute atomic E-state index is 12.1. The maximum atomic E-state index is 12.1. The molecule has 2 aliphatic heterocycles. The average molecular weight is 294 g/mol. The lowest BCUT2D eigenvalue weighted by Gasteiger charge is -2.44. The molecule has 1 aromatic rings. The summed E-state index contributed by atoms with van der Waals surface area (Å²) in [4.78, 5) is 12.1. The van der Waals surface area contributed by atoms with Gasteiger partial charge in [0.1, 0.15) is 15.9 Å². The van der Waals surface area contributed by atoms with Gasteiger partial charge in [0.25, 0.3) is 0 Å². The molecule has 0 bridgehead atoms. The van der Waals surface area contributed by atoms with Crippen molar-refractivity contribution < 1.29 is 13.2 Å². The van der Waals surface area contributed by atoms with Crippen molar-refractivity contribution in [2.75, 3.05) is 18.1 Å². The Bertz CT molecular complexity index is 599. The molecular weight excluding hydrogens is 276 g/mol. The van der Waals surface area contributed by atoms with E-state index in [1.165, 1.54) is 0 Å². The first-order chi connectivity index (χ1) is 9.50. The highest BCUT2D eigenvalue weighted by atomic mass is 32.2. The van der Waals surface area contributed by atoms with E-state index < -0.39 is 15.9 Å². The van der Waals surface area contributed by atoms with Crippen LogP contribution in [0, 0.1) is 0 Å². The Morgan fingerprint density at radius 1 is 1.10 bits per heavy atom. The molecule has 3 rings (SSSR count). The van der Waals surface area contributed by atoms with Crippen molar-refractivity contribution in [3.05, 3.63) is 35.9 Å². The number of hydrogen-bond donors (Lipinski definition) is 2. The number of sulfone groups is 1. The lowest BCUT2D eigenvalue weighted by atomic mass is 9.87. The van der Waals surface area contributed by atoms with Crippen molar-refractivity contribution in [1.82, 2.24) is 10.6 Å². The molecular formula is C14H18N2O3S. The second kappa shape index (κ2) is 4.86. The van der Waals surface area contributed by atoms with Crippen LogP contribution in [0.3, 0.4) is 0 Å². The van der Waals surface area contributed by atoms with Crippen LogP contribution in [0.1, 0.15) is 24.4 Å². The summed E-state index contributed by atoms with van der Waals surface area (Å²) in [6, 6.07) is 9.14. The zero-order valence-electron chi connectivity index (χ0n) is 11.1. The van der Waals surface area contributed by atoms with E-state index in [9.17, 15) is 13.2 Å². The van der Waals surface area contributed by atoms with Crippen LogP contribution in [-0.4, -0.2) is 37.9 Å². The summed E-state index contributed by atoms with van der Waals surface area (Å²) in [6.07, 6.45) is 1.11. The molecule has 2 fully saturated rings. The van der Waals surface area contributed by atoms with Gasteiger partial charge in [0.05, 0.1) is 11.5 Å². The molecule has 6 heteroatoms. The van der Waals surface area contributed by atoms with Gasteiger partial charge in [0.2, 0.25) is 5.91 Å². The van der Waals surface area contributed by atoms with Gasteiger partial charge in [-0.1, -0.05) is 30.3 Å². The Kier molecular flexibility index (Phi) is 3.30. The number of piperazine rings is 1. The predicted octanol–water partition coefficient (Wildman–Crippen LogP) is 0.395. The van der Waals surface area contributed by atoms with Crippen LogP contribution in [-0.2, 0) is 14.6 Å². The van der Waals surface area contributed by atoms with E-state index in [1.54, 1.807) is 0 Å². The third kappa shape index (κ3) is 2.58. The van der Waals surface area contributed by atoms with Gasteiger partial charge in [-0.2, -0.15) is 0 Å². The minimum Gasteiger partial charge on any atom is -0.353 e. The van der Waals surface area contributed by atoms with Gasteiger partial charge in [-0.25, -0.2) is 8.42 Å². The molecule has 1 atom stereocenters. The van der Waals surface area contributed by atoms with Gasteiger partial charge < -0.3 is 5.32 Å². The summed E-state index contributed by atoms with van der Waals surface area (Å²) in [5.74, 6) is 0.338. The molecule has 2 heterocycles. The molecule has 2 saturated heterocycles. The summed E-state index contributed by atoms with van der Waals surface area (Å²) in [5.41, 5.74) is 0.622. The molecule has 0 saturated carbocycles. The van der Waals surface area contributed by atoms with Gasteiger partial charge in [-0.05, 0) is 18.4 Å². The van der Waals surface area contributed by atoms with Gasteiger partial charge in [0.15, 0.2) is 0 Å². The standard InChI is InChI=1S/C14H18N2O3S/c17-13-12(11-4-2-1-3-5-11)16-14(10-15-13)6-8-20(18,19)9-7-14/h1-5,12,16H,6-10H2,(H,15,17). The Morgan fingerprint density at radius 3 is 2.40 bits per heavy atom. The predicted molar refractivity (Wildman–Crippen MR) is 75.9 cm³/mol. The third-order valence-electron chi connectivity index (χ3n) is 4.23. The van der Waals surface area contributed by atoms with E-state index in [0.717, 1.165) is 5.56 Å². The Hall–Kier alpha value is -1.40. The van der Waals surface area contributed by atoms with E-state index in [4.69, 9.17) is 0 Å². The molecule has 1 amide bonds. The first kappa shape index (κ1) is 13.6. The van der Waals surface area contributed by atoms with Crippen molar-refractivity contribution in [3.63, 3.8) is 0 Å². The van der Waals surface area contributed by atoms with Gasteiger partial charge in [0, 0.05) is 12.1 Å². The highest BCUT2D eigenvalue weighted by molar-refractivity contribution is 7.91. The highest BCUT2D eigenvalue weighted by Gasteiger charge is 2.43. The fraction of sp³-hybridized carbons (Fsp3) is 0.500. The van der Waals surface area contributed by atoms with E-state index in [0.29, 0.717) is 19.4 Å². The number of carbonyl (C=O) groups excluding carboxylic acids is 1. The quantitative estimate of drug-likeness (QED) is 0.786. The second-order valence-electron chi connectivity index (χ2n) is 5.64. The Labute approximate surface area is 118 Å². The van der Waals surface area contributed by atoms with Crippen molar-refractivity contribution >= 4 is 15.7 Å². The maximum Gasteiger partial charge on any atom is 0.241 e. The van der Waals surface area contributed by atoms with Gasteiger partial charge in [-0.3, -0.25) is 10.1 Å². The number of nitrogens with one attached hydrogen (secondary N) is 2. The van der Waals surface area contributed by atoms with Crippen molar-refractivity contribution in [3.8, 4) is 0 Å². The van der Waals surface area contributed by atoms with E-state index >= 15 is 0 Å². The first-order valence-electron chi connectivity index (χ1n) is 6.81. The van der Waals surface area contributed by atoms with Crippen LogP contribution in [0.2, 0.25) is 0 Å². The fourth-order valence-corrected chi connectivity index (χ4v) is 4.52. The zero-order valence-corrected chi connectivity index (χ0v) is 11.9. The molecule has 1 unspecified atom stereocenters. The summed E-state index contributed by atoms with van der Waals surface area (Å²) in [6.45, 7) is 0.505. The molecule has 0 radical (unpaired) electrons. The molecule has 20 heavy (non-hydrogen) atoms. The fourth-order valence-electron chi connectivity index (χ4n) is 2.91. The van der Waals surface area contributed by atoms with Gasteiger partial charge in [-0.15, -0.1) is 0 Å². The summed E-state index contributed by atoms with van der Waals surface area (Å²) < 4.78 is 23.2. The largest absolute Gasteiger partial charge is 0.353 e. The van der Waals surface area contributed by atoms with Crippen LogP contribution < -0.4 is 10.6 Å². The Morgan fingerprint density at radius 2 is 1.75 bits per heavy atom. The van der Waals surface area contributed by atoms with Crippen molar-refractivity contribution in [1.29, 1.82) is 0 Å². The molecule has 2 N–H and O–H groups in total. The molecule has 5 nitrogen and oxygen atoms in total. The lowest BCUT2D eigenvalue weighted by Crippen LogP contribution is -2.64. The van der Waals surface area contributed by atoms with Crippen LogP contribution in [0.5, 0.6) is 0 Å². The number of carbonyl (C=O) groups is 1. The SMILES string of the molecule is O=C1NCC2(CCS(=O)(=O)CC2)NC1c1ccccc1. The summed E-state index contributed by atoms with van der Waals surface area (Å²) >= 11 is 0. The van der Waals surface area contributed by atoms with Crippen LogP contribution in [0.15, 0.2) is 30.3 Å². The van der Waals surface area contributed by atoms with E-state index in [2.05, 4.69) is 10.6 Å². The van der Waals surface area contributed by atoms with Crippen molar-refractivity contribution in [2.24, 2.45) is 0 Å². The summed E-state index contributed by atoms with van der Waals surface area (Å²) in [5, 5.41) is 6.32. The average Bonchev–Trinajstić information content (AvgIpc) is 2.46. The number of hydrogen-bond acceptors (Lipinski definition) is 4. The minimum absolute atomic E-state index is 0.0461. The minimum atomic E-state index is -2.91. The monoisotopic (exact) mass is 294 g/mol.